The second-order valence-electron chi connectivity index (χ2n) is 10.7. The third-order valence-electron chi connectivity index (χ3n) is 7.19. The van der Waals surface area contributed by atoms with Crippen LogP contribution < -0.4 is 0 Å². The van der Waals surface area contributed by atoms with Crippen LogP contribution in [0.25, 0.3) is 5.57 Å². The van der Waals surface area contributed by atoms with E-state index in [-0.39, 0.29) is 11.2 Å². The summed E-state index contributed by atoms with van der Waals surface area (Å²) in [7, 11) is 0. The smallest absolute Gasteiger partial charge is 0.148 e. The van der Waals surface area contributed by atoms with Gasteiger partial charge in [-0.1, -0.05) is 106 Å². The topological polar surface area (TPSA) is 43.7 Å². The average molecular weight is 470 g/mol. The number of piperidine rings is 1. The molecule has 0 amide bonds. The minimum atomic E-state index is -1.21. The summed E-state index contributed by atoms with van der Waals surface area (Å²) >= 11 is 0. The summed E-state index contributed by atoms with van der Waals surface area (Å²) in [5.41, 5.74) is 3.89. The SMILES string of the molecule is CC(C)(C)c1ccc(C(O)(CCC=C(c2ccccc2)c2ccccc2)N2CCCCC2)c(O)c1. The van der Waals surface area contributed by atoms with Crippen LogP contribution in [0.15, 0.2) is 84.9 Å². The van der Waals surface area contributed by atoms with Gasteiger partial charge >= 0.3 is 0 Å². The van der Waals surface area contributed by atoms with Gasteiger partial charge in [-0.15, -0.1) is 0 Å². The number of hydrogen-bond acceptors (Lipinski definition) is 3. The molecule has 1 heterocycles. The summed E-state index contributed by atoms with van der Waals surface area (Å²) in [6.07, 6.45) is 6.76. The minimum Gasteiger partial charge on any atom is -0.507 e. The lowest BCUT2D eigenvalue weighted by atomic mass is 9.84. The molecule has 1 atom stereocenters. The number of aromatic hydroxyl groups is 1. The molecule has 3 heteroatoms. The van der Waals surface area contributed by atoms with E-state index in [4.69, 9.17) is 0 Å². The van der Waals surface area contributed by atoms with Gasteiger partial charge in [-0.25, -0.2) is 0 Å². The van der Waals surface area contributed by atoms with Gasteiger partial charge in [0.25, 0.3) is 0 Å². The highest BCUT2D eigenvalue weighted by Crippen LogP contribution is 2.40. The zero-order chi connectivity index (χ0) is 24.9. The normalized spacial score (nSPS) is 16.5. The maximum absolute atomic E-state index is 12.2. The van der Waals surface area contributed by atoms with Crippen molar-refractivity contribution in [3.63, 3.8) is 0 Å². The Bertz CT molecular complexity index is 1080. The van der Waals surface area contributed by atoms with E-state index in [0.29, 0.717) is 18.4 Å². The predicted molar refractivity (Wildman–Crippen MR) is 145 cm³/mol. The molecular weight excluding hydrogens is 430 g/mol. The van der Waals surface area contributed by atoms with Crippen molar-refractivity contribution in [2.24, 2.45) is 0 Å². The first-order valence-electron chi connectivity index (χ1n) is 12.9. The van der Waals surface area contributed by atoms with E-state index in [9.17, 15) is 10.2 Å². The number of phenolic OH excluding ortho intramolecular Hbond substituents is 1. The van der Waals surface area contributed by atoms with E-state index in [1.54, 1.807) is 0 Å². The molecule has 35 heavy (non-hydrogen) atoms. The molecule has 1 aliphatic heterocycles. The highest BCUT2D eigenvalue weighted by molar-refractivity contribution is 5.79. The molecule has 1 aliphatic rings. The molecule has 1 fully saturated rings. The van der Waals surface area contributed by atoms with Gasteiger partial charge in [0.05, 0.1) is 0 Å². The van der Waals surface area contributed by atoms with E-state index < -0.39 is 5.72 Å². The van der Waals surface area contributed by atoms with Crippen LogP contribution in [0.2, 0.25) is 0 Å². The van der Waals surface area contributed by atoms with Crippen LogP contribution >= 0.6 is 0 Å². The van der Waals surface area contributed by atoms with Crippen LogP contribution in [-0.4, -0.2) is 28.2 Å². The first-order chi connectivity index (χ1) is 16.8. The number of aliphatic hydroxyl groups is 1. The molecule has 3 aromatic carbocycles. The lowest BCUT2D eigenvalue weighted by Crippen LogP contribution is -2.48. The lowest BCUT2D eigenvalue weighted by Gasteiger charge is -2.42. The van der Waals surface area contributed by atoms with Crippen molar-refractivity contribution < 1.29 is 10.2 Å². The van der Waals surface area contributed by atoms with E-state index in [1.165, 1.54) is 12.0 Å². The quantitative estimate of drug-likeness (QED) is 0.383. The molecule has 1 unspecified atom stereocenters. The van der Waals surface area contributed by atoms with Crippen molar-refractivity contribution in [3.05, 3.63) is 107 Å². The van der Waals surface area contributed by atoms with E-state index >= 15 is 0 Å². The summed E-state index contributed by atoms with van der Waals surface area (Å²) in [5, 5.41) is 23.3. The number of allylic oxidation sites excluding steroid dienone is 1. The van der Waals surface area contributed by atoms with Crippen molar-refractivity contribution in [1.29, 1.82) is 0 Å². The zero-order valence-corrected chi connectivity index (χ0v) is 21.4. The maximum Gasteiger partial charge on any atom is 0.148 e. The lowest BCUT2D eigenvalue weighted by molar-refractivity contribution is -0.130. The Morgan fingerprint density at radius 1 is 0.829 bits per heavy atom. The largest absolute Gasteiger partial charge is 0.507 e. The molecule has 0 saturated carbocycles. The molecule has 0 bridgehead atoms. The van der Waals surface area contributed by atoms with Gasteiger partial charge in [0, 0.05) is 18.7 Å². The summed E-state index contributed by atoms with van der Waals surface area (Å²) in [6, 6.07) is 26.7. The van der Waals surface area contributed by atoms with E-state index in [2.05, 4.69) is 86.3 Å². The third kappa shape index (κ3) is 5.86. The molecule has 1 saturated heterocycles. The van der Waals surface area contributed by atoms with Crippen LogP contribution in [0.3, 0.4) is 0 Å². The van der Waals surface area contributed by atoms with Gasteiger partial charge < -0.3 is 10.2 Å². The van der Waals surface area contributed by atoms with Crippen molar-refractivity contribution >= 4 is 5.57 Å². The maximum atomic E-state index is 12.2. The molecule has 4 rings (SSSR count). The number of phenols is 1. The monoisotopic (exact) mass is 469 g/mol. The zero-order valence-electron chi connectivity index (χ0n) is 21.4. The molecule has 2 N–H and O–H groups in total. The molecule has 0 spiro atoms. The number of rotatable bonds is 7. The Morgan fingerprint density at radius 3 is 1.91 bits per heavy atom. The molecule has 184 valence electrons. The standard InChI is InChI=1S/C32H39NO2/c1-31(2,3)27-19-20-29(30(34)24-27)32(35,33-22-11-6-12-23-33)21-13-18-28(25-14-7-4-8-15-25)26-16-9-5-10-17-26/h4-5,7-10,14-20,24,34-35H,6,11-13,21-23H2,1-3H3. The number of hydrogen-bond donors (Lipinski definition) is 2. The first kappa shape index (κ1) is 25.2. The third-order valence-corrected chi connectivity index (χ3v) is 7.19. The summed E-state index contributed by atoms with van der Waals surface area (Å²) in [6.45, 7) is 8.09. The van der Waals surface area contributed by atoms with E-state index in [1.807, 2.05) is 24.3 Å². The molecule has 0 aromatic heterocycles. The van der Waals surface area contributed by atoms with Crippen molar-refractivity contribution in [2.45, 2.75) is 64.0 Å². The Kier molecular flexibility index (Phi) is 7.78. The van der Waals surface area contributed by atoms with Crippen LogP contribution in [-0.2, 0) is 11.1 Å². The van der Waals surface area contributed by atoms with Crippen LogP contribution in [0.5, 0.6) is 5.75 Å². The Hall–Kier alpha value is -2.88. The predicted octanol–water partition coefficient (Wildman–Crippen LogP) is 7.23. The van der Waals surface area contributed by atoms with Crippen LogP contribution in [0, 0.1) is 0 Å². The molecule has 0 aliphatic carbocycles. The van der Waals surface area contributed by atoms with Gasteiger partial charge in [-0.3, -0.25) is 4.90 Å². The molecular formula is C32H39NO2. The van der Waals surface area contributed by atoms with Crippen LogP contribution in [0.4, 0.5) is 0 Å². The van der Waals surface area contributed by atoms with Crippen LogP contribution in [0.1, 0.15) is 75.1 Å². The number of likely N-dealkylation sites (tertiary alicyclic amines) is 1. The molecule has 3 nitrogen and oxygen atoms in total. The molecule has 3 aromatic rings. The van der Waals surface area contributed by atoms with Crippen molar-refractivity contribution in [2.75, 3.05) is 13.1 Å². The Morgan fingerprint density at radius 2 is 1.40 bits per heavy atom. The average Bonchev–Trinajstić information content (AvgIpc) is 2.87. The van der Waals surface area contributed by atoms with E-state index in [0.717, 1.165) is 42.6 Å². The van der Waals surface area contributed by atoms with Gasteiger partial charge in [-0.05, 0) is 59.4 Å². The highest BCUT2D eigenvalue weighted by Gasteiger charge is 2.38. The van der Waals surface area contributed by atoms with Gasteiger partial charge in [0.2, 0.25) is 0 Å². The van der Waals surface area contributed by atoms with Gasteiger partial charge in [0.1, 0.15) is 11.5 Å². The second-order valence-corrected chi connectivity index (χ2v) is 10.7. The van der Waals surface area contributed by atoms with Gasteiger partial charge in [-0.2, -0.15) is 0 Å². The number of benzene rings is 3. The van der Waals surface area contributed by atoms with Crippen molar-refractivity contribution in [3.8, 4) is 5.75 Å². The fraction of sp³-hybridized carbons (Fsp3) is 0.375. The fourth-order valence-electron chi connectivity index (χ4n) is 5.12. The first-order valence-corrected chi connectivity index (χ1v) is 12.9. The Labute approximate surface area is 210 Å². The number of nitrogens with zero attached hydrogens (tertiary/aromatic N) is 1. The second kappa shape index (κ2) is 10.8. The minimum absolute atomic E-state index is 0.0672. The van der Waals surface area contributed by atoms with Crippen molar-refractivity contribution in [1.82, 2.24) is 4.90 Å². The summed E-state index contributed by atoms with van der Waals surface area (Å²) < 4.78 is 0. The Balaban J connectivity index is 1.68. The summed E-state index contributed by atoms with van der Waals surface area (Å²) in [4.78, 5) is 2.17. The fourth-order valence-corrected chi connectivity index (χ4v) is 5.12. The molecule has 0 radical (unpaired) electrons. The summed E-state index contributed by atoms with van der Waals surface area (Å²) in [5.74, 6) is 0.181. The van der Waals surface area contributed by atoms with Gasteiger partial charge in [0.15, 0.2) is 0 Å². The highest BCUT2D eigenvalue weighted by atomic mass is 16.3.